The number of carbonyl (C=O) groups is 1. The summed E-state index contributed by atoms with van der Waals surface area (Å²) in [6.07, 6.45) is 4.48. The smallest absolute Gasteiger partial charge is 0.408 e. The van der Waals surface area contributed by atoms with Crippen LogP contribution in [0.15, 0.2) is 27.4 Å². The molecule has 3 heterocycles. The van der Waals surface area contributed by atoms with Gasteiger partial charge in [0.2, 0.25) is 0 Å². The lowest BCUT2D eigenvalue weighted by Crippen LogP contribution is -2.50. The van der Waals surface area contributed by atoms with E-state index in [-0.39, 0.29) is 24.8 Å². The fourth-order valence-corrected chi connectivity index (χ4v) is 4.39. The van der Waals surface area contributed by atoms with E-state index in [1.54, 1.807) is 6.07 Å². The summed E-state index contributed by atoms with van der Waals surface area (Å²) in [6, 6.07) is 5.79. The van der Waals surface area contributed by atoms with Crippen molar-refractivity contribution in [3.63, 3.8) is 0 Å². The fraction of sp³-hybridized carbons (Fsp3) is 0.556. The zero-order valence-electron chi connectivity index (χ0n) is 14.0. The number of carbonyl (C=O) groups excluding carboxylic acids is 1. The van der Waals surface area contributed by atoms with Gasteiger partial charge in [0, 0.05) is 18.6 Å². The molecule has 7 heteroatoms. The van der Waals surface area contributed by atoms with Crippen LogP contribution in [-0.4, -0.2) is 34.7 Å². The van der Waals surface area contributed by atoms with E-state index in [1.165, 1.54) is 0 Å². The van der Waals surface area contributed by atoms with Crippen LogP contribution in [0.3, 0.4) is 0 Å². The van der Waals surface area contributed by atoms with E-state index in [1.807, 2.05) is 17.0 Å². The molecule has 1 aromatic heterocycles. The number of halogens is 1. The molecule has 25 heavy (non-hydrogen) atoms. The second-order valence-corrected chi connectivity index (χ2v) is 7.11. The van der Waals surface area contributed by atoms with Gasteiger partial charge in [-0.2, -0.15) is 0 Å². The minimum atomic E-state index is -0.482. The predicted molar refractivity (Wildman–Crippen MR) is 91.0 cm³/mol. The van der Waals surface area contributed by atoms with E-state index in [0.29, 0.717) is 30.0 Å². The van der Waals surface area contributed by atoms with Crippen molar-refractivity contribution in [1.29, 1.82) is 0 Å². The van der Waals surface area contributed by atoms with Crippen molar-refractivity contribution in [2.24, 2.45) is 5.92 Å². The number of alkyl halides is 1. The van der Waals surface area contributed by atoms with Crippen LogP contribution in [0.5, 0.6) is 0 Å². The molecule has 0 saturated carbocycles. The molecule has 2 amide bonds. The van der Waals surface area contributed by atoms with Gasteiger partial charge in [-0.05, 0) is 55.7 Å². The number of nitrogens with zero attached hydrogens (tertiary/aromatic N) is 1. The van der Waals surface area contributed by atoms with Gasteiger partial charge in [0.15, 0.2) is 5.58 Å². The minimum Gasteiger partial charge on any atom is -0.408 e. The number of aromatic amines is 1. The SMILES string of the molecule is O=C(NCc1ccc2oc(=O)[nH]c2c1)N1C2CCC1CC(CCF)C2. The Balaban J connectivity index is 1.39. The maximum atomic E-state index is 12.6. The van der Waals surface area contributed by atoms with Gasteiger partial charge in [-0.3, -0.25) is 9.37 Å². The molecule has 2 aliphatic heterocycles. The van der Waals surface area contributed by atoms with Gasteiger partial charge in [0.25, 0.3) is 0 Å². The minimum absolute atomic E-state index is 0.0491. The standard InChI is InChI=1S/C18H22FN3O3/c19-6-5-11-7-13-2-3-14(8-11)22(13)17(23)20-10-12-1-4-16-15(9-12)21-18(24)25-16/h1,4,9,11,13-14H,2-3,5-8,10H2,(H,20,23)(H,21,24). The lowest BCUT2D eigenvalue weighted by atomic mass is 9.89. The Labute approximate surface area is 144 Å². The molecule has 0 radical (unpaired) electrons. The first-order chi connectivity index (χ1) is 12.1. The first-order valence-corrected chi connectivity index (χ1v) is 8.88. The van der Waals surface area contributed by atoms with Crippen molar-refractivity contribution < 1.29 is 13.6 Å². The maximum Gasteiger partial charge on any atom is 0.417 e. The van der Waals surface area contributed by atoms with E-state index >= 15 is 0 Å². The van der Waals surface area contributed by atoms with Gasteiger partial charge in [0.05, 0.1) is 12.2 Å². The number of H-pyrrole nitrogens is 1. The Bertz CT molecular complexity index is 816. The van der Waals surface area contributed by atoms with Crippen LogP contribution in [0.4, 0.5) is 9.18 Å². The third-order valence-corrected chi connectivity index (χ3v) is 5.51. The number of oxazole rings is 1. The average molecular weight is 347 g/mol. The van der Waals surface area contributed by atoms with E-state index in [9.17, 15) is 14.0 Å². The van der Waals surface area contributed by atoms with Crippen molar-refractivity contribution >= 4 is 17.1 Å². The van der Waals surface area contributed by atoms with Crippen molar-refractivity contribution in [3.8, 4) is 0 Å². The quantitative estimate of drug-likeness (QED) is 0.892. The van der Waals surface area contributed by atoms with Crippen LogP contribution in [0, 0.1) is 5.92 Å². The van der Waals surface area contributed by atoms with E-state index in [2.05, 4.69) is 10.3 Å². The van der Waals surface area contributed by atoms with Crippen LogP contribution >= 0.6 is 0 Å². The van der Waals surface area contributed by atoms with Gasteiger partial charge >= 0.3 is 11.8 Å². The summed E-state index contributed by atoms with van der Waals surface area (Å²) in [5, 5.41) is 2.98. The number of urea groups is 1. The van der Waals surface area contributed by atoms with Gasteiger partial charge in [-0.25, -0.2) is 9.59 Å². The van der Waals surface area contributed by atoms with Crippen LogP contribution in [-0.2, 0) is 6.54 Å². The number of amides is 2. The third kappa shape index (κ3) is 3.15. The summed E-state index contributed by atoms with van der Waals surface area (Å²) in [6.45, 7) is 0.126. The van der Waals surface area contributed by atoms with E-state index in [0.717, 1.165) is 31.2 Å². The summed E-state index contributed by atoms with van der Waals surface area (Å²) in [7, 11) is 0. The number of fused-ring (bicyclic) bond motifs is 3. The number of aromatic nitrogens is 1. The Morgan fingerprint density at radius 2 is 2.08 bits per heavy atom. The van der Waals surface area contributed by atoms with E-state index in [4.69, 9.17) is 4.42 Å². The van der Waals surface area contributed by atoms with Gasteiger partial charge in [0.1, 0.15) is 0 Å². The van der Waals surface area contributed by atoms with Crippen LogP contribution < -0.4 is 11.1 Å². The molecule has 2 atom stereocenters. The van der Waals surface area contributed by atoms with E-state index < -0.39 is 5.76 Å². The monoisotopic (exact) mass is 347 g/mol. The Morgan fingerprint density at radius 3 is 2.80 bits per heavy atom. The normalized spacial score (nSPS) is 25.5. The number of piperidine rings is 1. The highest BCUT2D eigenvalue weighted by atomic mass is 19.1. The summed E-state index contributed by atoms with van der Waals surface area (Å²) in [5.41, 5.74) is 2.04. The van der Waals surface area contributed by atoms with Crippen LogP contribution in [0.25, 0.3) is 11.1 Å². The molecule has 0 aliphatic carbocycles. The van der Waals surface area contributed by atoms with Crippen LogP contribution in [0.1, 0.15) is 37.7 Å². The highest BCUT2D eigenvalue weighted by Gasteiger charge is 2.42. The third-order valence-electron chi connectivity index (χ3n) is 5.51. The van der Waals surface area contributed by atoms with Crippen LogP contribution in [0.2, 0.25) is 0 Å². The van der Waals surface area contributed by atoms with Crippen molar-refractivity contribution in [3.05, 3.63) is 34.3 Å². The second kappa shape index (κ2) is 6.54. The molecule has 2 unspecified atom stereocenters. The highest BCUT2D eigenvalue weighted by Crippen LogP contribution is 2.39. The lowest BCUT2D eigenvalue weighted by molar-refractivity contribution is 0.116. The largest absolute Gasteiger partial charge is 0.417 e. The van der Waals surface area contributed by atoms with Crippen molar-refractivity contribution in [1.82, 2.24) is 15.2 Å². The molecular weight excluding hydrogens is 325 g/mol. The molecule has 2 fully saturated rings. The zero-order chi connectivity index (χ0) is 17.4. The Morgan fingerprint density at radius 1 is 1.32 bits per heavy atom. The summed E-state index contributed by atoms with van der Waals surface area (Å²) < 4.78 is 17.6. The van der Waals surface area contributed by atoms with Crippen molar-refractivity contribution in [2.45, 2.75) is 50.7 Å². The number of hydrogen-bond donors (Lipinski definition) is 2. The molecule has 4 rings (SSSR count). The number of benzene rings is 1. The molecule has 134 valence electrons. The summed E-state index contributed by atoms with van der Waals surface area (Å²) >= 11 is 0. The molecular formula is C18H22FN3O3. The average Bonchev–Trinajstić information content (AvgIpc) is 3.09. The summed E-state index contributed by atoms with van der Waals surface area (Å²) in [4.78, 5) is 28.4. The van der Waals surface area contributed by atoms with Gasteiger partial charge in [-0.1, -0.05) is 6.07 Å². The molecule has 2 aliphatic rings. The zero-order valence-corrected chi connectivity index (χ0v) is 14.0. The molecule has 2 saturated heterocycles. The Hall–Kier alpha value is -2.31. The topological polar surface area (TPSA) is 78.3 Å². The Kier molecular flexibility index (Phi) is 4.23. The summed E-state index contributed by atoms with van der Waals surface area (Å²) in [5.74, 6) is -0.0733. The second-order valence-electron chi connectivity index (χ2n) is 7.11. The molecule has 1 aromatic carbocycles. The molecule has 2 aromatic rings. The maximum absolute atomic E-state index is 12.6. The fourth-order valence-electron chi connectivity index (χ4n) is 4.39. The van der Waals surface area contributed by atoms with Gasteiger partial charge < -0.3 is 14.6 Å². The predicted octanol–water partition coefficient (Wildman–Crippen LogP) is 2.93. The first kappa shape index (κ1) is 16.2. The first-order valence-electron chi connectivity index (χ1n) is 8.88. The molecule has 0 spiro atoms. The molecule has 2 bridgehead atoms. The van der Waals surface area contributed by atoms with Crippen molar-refractivity contribution in [2.75, 3.05) is 6.67 Å². The highest BCUT2D eigenvalue weighted by molar-refractivity contribution is 5.76. The number of hydrogen-bond acceptors (Lipinski definition) is 3. The van der Waals surface area contributed by atoms with Gasteiger partial charge in [-0.15, -0.1) is 0 Å². The molecule has 2 N–H and O–H groups in total. The number of nitrogens with one attached hydrogen (secondary N) is 2. The number of rotatable bonds is 4. The molecule has 6 nitrogen and oxygen atoms in total. The lowest BCUT2D eigenvalue weighted by Gasteiger charge is -2.38.